The first-order valence-corrected chi connectivity index (χ1v) is 12.3. The van der Waals surface area contributed by atoms with Gasteiger partial charge in [0.25, 0.3) is 0 Å². The third kappa shape index (κ3) is 5.72. The lowest BCUT2D eigenvalue weighted by Crippen LogP contribution is -2.21. The van der Waals surface area contributed by atoms with Gasteiger partial charge in [-0.05, 0) is 50.2 Å². The second-order valence-corrected chi connectivity index (χ2v) is 9.27. The van der Waals surface area contributed by atoms with Crippen molar-refractivity contribution in [3.8, 4) is 11.1 Å². The lowest BCUT2D eigenvalue weighted by molar-refractivity contribution is 0.111. The van der Waals surface area contributed by atoms with Gasteiger partial charge in [0.15, 0.2) is 0 Å². The summed E-state index contributed by atoms with van der Waals surface area (Å²) in [6.07, 6.45) is 9.76. The zero-order valence-corrected chi connectivity index (χ0v) is 19.8. The number of benzene rings is 1. The summed E-state index contributed by atoms with van der Waals surface area (Å²) < 4.78 is 2.31. The normalized spacial score (nSPS) is 19.6. The van der Waals surface area contributed by atoms with E-state index < -0.39 is 0 Å². The van der Waals surface area contributed by atoms with Gasteiger partial charge in [-0.15, -0.1) is 0 Å². The Balaban J connectivity index is 1.67. The summed E-state index contributed by atoms with van der Waals surface area (Å²) in [6.45, 7) is 5.83. The predicted molar refractivity (Wildman–Crippen MR) is 133 cm³/mol. The lowest BCUT2D eigenvalue weighted by atomic mass is 9.93. The molecule has 0 unspecified atom stereocenters. The molecule has 2 aromatic heterocycles. The maximum atomic E-state index is 10.0. The first-order chi connectivity index (χ1) is 16.1. The van der Waals surface area contributed by atoms with Crippen molar-refractivity contribution in [1.29, 1.82) is 0 Å². The van der Waals surface area contributed by atoms with Crippen LogP contribution in [0.3, 0.4) is 0 Å². The molecule has 1 atom stereocenters. The van der Waals surface area contributed by atoms with Crippen LogP contribution in [0.4, 0.5) is 5.95 Å². The second-order valence-electron chi connectivity index (χ2n) is 9.27. The number of rotatable bonds is 10. The molecule has 1 fully saturated rings. The van der Waals surface area contributed by atoms with Crippen molar-refractivity contribution in [1.82, 2.24) is 19.9 Å². The molecular weight excluding hydrogens is 414 g/mol. The average molecular weight is 452 g/mol. The van der Waals surface area contributed by atoms with Crippen molar-refractivity contribution >= 4 is 17.0 Å². The SMILES string of the molecule is CCC[C@@H](C)Nc1ncc2c(-c3ccc(CNCCO)cc3)cn([C@H]3CC[C@H](O)CC3)c2n1. The lowest BCUT2D eigenvalue weighted by Gasteiger charge is -2.27. The zero-order valence-electron chi connectivity index (χ0n) is 19.8. The number of aliphatic hydroxyl groups excluding tert-OH is 2. The molecule has 3 aromatic rings. The molecule has 1 aliphatic carbocycles. The van der Waals surface area contributed by atoms with Crippen LogP contribution in [0.25, 0.3) is 22.2 Å². The van der Waals surface area contributed by atoms with Crippen LogP contribution in [0.15, 0.2) is 36.7 Å². The van der Waals surface area contributed by atoms with Crippen LogP contribution in [-0.4, -0.2) is 50.0 Å². The van der Waals surface area contributed by atoms with Gasteiger partial charge in [-0.3, -0.25) is 0 Å². The summed E-state index contributed by atoms with van der Waals surface area (Å²) in [6, 6.07) is 9.21. The molecule has 0 spiro atoms. The number of fused-ring (bicyclic) bond motifs is 1. The molecule has 0 radical (unpaired) electrons. The summed E-state index contributed by atoms with van der Waals surface area (Å²) >= 11 is 0. The fourth-order valence-electron chi connectivity index (χ4n) is 4.78. The Kier molecular flexibility index (Phi) is 7.96. The summed E-state index contributed by atoms with van der Waals surface area (Å²) in [4.78, 5) is 9.59. The minimum atomic E-state index is -0.184. The van der Waals surface area contributed by atoms with Crippen LogP contribution in [0.2, 0.25) is 0 Å². The maximum absolute atomic E-state index is 10.0. The largest absolute Gasteiger partial charge is 0.395 e. The van der Waals surface area contributed by atoms with Gasteiger partial charge in [-0.25, -0.2) is 4.98 Å². The molecule has 0 amide bonds. The van der Waals surface area contributed by atoms with E-state index in [1.54, 1.807) is 0 Å². The molecule has 0 aliphatic heterocycles. The molecule has 1 aliphatic rings. The Labute approximate surface area is 196 Å². The molecule has 4 rings (SSSR count). The van der Waals surface area contributed by atoms with E-state index in [-0.39, 0.29) is 12.7 Å². The Hall–Kier alpha value is -2.48. The van der Waals surface area contributed by atoms with Crippen molar-refractivity contribution in [2.24, 2.45) is 0 Å². The van der Waals surface area contributed by atoms with Crippen LogP contribution >= 0.6 is 0 Å². The number of hydrogen-bond donors (Lipinski definition) is 4. The van der Waals surface area contributed by atoms with E-state index in [9.17, 15) is 5.11 Å². The highest BCUT2D eigenvalue weighted by Gasteiger charge is 2.24. The van der Waals surface area contributed by atoms with Gasteiger partial charge in [0.1, 0.15) is 5.65 Å². The summed E-state index contributed by atoms with van der Waals surface area (Å²) in [5, 5.41) is 26.7. The van der Waals surface area contributed by atoms with Crippen LogP contribution in [0, 0.1) is 0 Å². The van der Waals surface area contributed by atoms with Crippen LogP contribution in [0.5, 0.6) is 0 Å². The molecule has 0 saturated heterocycles. The fourth-order valence-corrected chi connectivity index (χ4v) is 4.78. The van der Waals surface area contributed by atoms with Gasteiger partial charge >= 0.3 is 0 Å². The summed E-state index contributed by atoms with van der Waals surface area (Å²) in [5.41, 5.74) is 4.43. The molecule has 4 N–H and O–H groups in total. The number of aromatic nitrogens is 3. The molecule has 0 bridgehead atoms. The van der Waals surface area contributed by atoms with Gasteiger partial charge in [0.05, 0.1) is 12.7 Å². The predicted octanol–water partition coefficient (Wildman–Crippen LogP) is 4.26. The van der Waals surface area contributed by atoms with Gasteiger partial charge in [0.2, 0.25) is 5.95 Å². The summed E-state index contributed by atoms with van der Waals surface area (Å²) in [5.74, 6) is 0.676. The molecule has 33 heavy (non-hydrogen) atoms. The first kappa shape index (κ1) is 23.7. The van der Waals surface area contributed by atoms with E-state index in [0.29, 0.717) is 24.6 Å². The number of nitrogens with one attached hydrogen (secondary N) is 2. The number of hydrogen-bond acceptors (Lipinski definition) is 6. The highest BCUT2D eigenvalue weighted by atomic mass is 16.3. The quantitative estimate of drug-likeness (QED) is 0.344. The number of nitrogens with zero attached hydrogens (tertiary/aromatic N) is 3. The molecule has 178 valence electrons. The molecular formula is C26H37N5O2. The van der Waals surface area contributed by atoms with Crippen LogP contribution in [0.1, 0.15) is 64.0 Å². The molecule has 7 heteroatoms. The smallest absolute Gasteiger partial charge is 0.224 e. The monoisotopic (exact) mass is 451 g/mol. The van der Waals surface area contributed by atoms with Crippen LogP contribution in [-0.2, 0) is 6.54 Å². The third-order valence-corrected chi connectivity index (χ3v) is 6.61. The highest BCUT2D eigenvalue weighted by Crippen LogP contribution is 2.36. The van der Waals surface area contributed by atoms with Crippen molar-refractivity contribution in [3.05, 3.63) is 42.2 Å². The van der Waals surface area contributed by atoms with E-state index in [2.05, 4.69) is 64.5 Å². The summed E-state index contributed by atoms with van der Waals surface area (Å²) in [7, 11) is 0. The Bertz CT molecular complexity index is 1030. The maximum Gasteiger partial charge on any atom is 0.224 e. The minimum Gasteiger partial charge on any atom is -0.395 e. The fraction of sp³-hybridized carbons (Fsp3) is 0.538. The number of aliphatic hydroxyl groups is 2. The van der Waals surface area contributed by atoms with Crippen LogP contribution < -0.4 is 10.6 Å². The van der Waals surface area contributed by atoms with E-state index in [1.807, 2.05) is 6.20 Å². The van der Waals surface area contributed by atoms with Gasteiger partial charge in [0, 0.05) is 48.5 Å². The van der Waals surface area contributed by atoms with Crippen molar-refractivity contribution < 1.29 is 10.2 Å². The molecule has 1 saturated carbocycles. The van der Waals surface area contributed by atoms with Gasteiger partial charge in [-0.2, -0.15) is 4.98 Å². The first-order valence-electron chi connectivity index (χ1n) is 12.3. The Morgan fingerprint density at radius 3 is 2.61 bits per heavy atom. The molecule has 1 aromatic carbocycles. The van der Waals surface area contributed by atoms with E-state index in [4.69, 9.17) is 10.1 Å². The van der Waals surface area contributed by atoms with E-state index in [0.717, 1.165) is 67.2 Å². The van der Waals surface area contributed by atoms with Gasteiger partial charge < -0.3 is 25.4 Å². The van der Waals surface area contributed by atoms with Crippen molar-refractivity contribution in [2.45, 2.75) is 77.1 Å². The third-order valence-electron chi connectivity index (χ3n) is 6.61. The van der Waals surface area contributed by atoms with E-state index in [1.165, 1.54) is 5.56 Å². The van der Waals surface area contributed by atoms with Crippen molar-refractivity contribution in [3.63, 3.8) is 0 Å². The zero-order chi connectivity index (χ0) is 23.2. The molecule has 7 nitrogen and oxygen atoms in total. The topological polar surface area (TPSA) is 95.2 Å². The average Bonchev–Trinajstić information content (AvgIpc) is 3.19. The Morgan fingerprint density at radius 2 is 1.91 bits per heavy atom. The van der Waals surface area contributed by atoms with E-state index >= 15 is 0 Å². The van der Waals surface area contributed by atoms with Crippen molar-refractivity contribution in [2.75, 3.05) is 18.5 Å². The highest BCUT2D eigenvalue weighted by molar-refractivity contribution is 5.94. The molecule has 2 heterocycles. The standard InChI is InChI=1S/C26H37N5O2/c1-3-4-18(2)29-26-28-16-23-24(20-7-5-19(6-8-20)15-27-13-14-32)17-31(25(23)30-26)21-9-11-22(33)12-10-21/h5-8,16-18,21-22,27,32-33H,3-4,9-15H2,1-2H3,(H,28,29,30)/t18-,21-,22-/m1/s1. The Morgan fingerprint density at radius 1 is 1.15 bits per heavy atom. The minimum absolute atomic E-state index is 0.143. The van der Waals surface area contributed by atoms with Gasteiger partial charge in [-0.1, -0.05) is 37.6 Å². The number of anilines is 1. The second kappa shape index (κ2) is 11.1.